The summed E-state index contributed by atoms with van der Waals surface area (Å²) in [5.74, 6) is -0.722. The fourth-order valence-electron chi connectivity index (χ4n) is 1.04. The van der Waals surface area contributed by atoms with Gasteiger partial charge in [-0.2, -0.15) is 13.2 Å². The summed E-state index contributed by atoms with van der Waals surface area (Å²) < 4.78 is 75.7. The van der Waals surface area contributed by atoms with Crippen LogP contribution in [0.25, 0.3) is 5.57 Å². The molecule has 0 bridgehead atoms. The van der Waals surface area contributed by atoms with Gasteiger partial charge >= 0.3 is 12.5 Å². The Labute approximate surface area is 92.3 Å². The lowest BCUT2D eigenvalue weighted by atomic mass is 10.1. The first-order valence-corrected chi connectivity index (χ1v) is 4.22. The number of ether oxygens (including phenoxy) is 1. The van der Waals surface area contributed by atoms with Crippen LogP contribution in [-0.2, 0) is 0 Å². The molecule has 0 saturated heterocycles. The average molecular weight is 256 g/mol. The number of benzene rings is 1. The Morgan fingerprint density at radius 1 is 1.06 bits per heavy atom. The van der Waals surface area contributed by atoms with Gasteiger partial charge in [0.2, 0.25) is 0 Å². The van der Waals surface area contributed by atoms with E-state index in [4.69, 9.17) is 0 Å². The van der Waals surface area contributed by atoms with Gasteiger partial charge < -0.3 is 4.74 Å². The zero-order valence-electron chi connectivity index (χ0n) is 8.19. The molecule has 94 valence electrons. The predicted octanol–water partition coefficient (Wildman–Crippen LogP) is 4.16. The van der Waals surface area contributed by atoms with E-state index in [0.29, 0.717) is 6.07 Å². The van der Waals surface area contributed by atoms with E-state index in [9.17, 15) is 26.3 Å². The van der Waals surface area contributed by atoms with E-state index in [0.717, 1.165) is 18.2 Å². The molecule has 0 heterocycles. The van der Waals surface area contributed by atoms with Gasteiger partial charge in [0.15, 0.2) is 0 Å². The van der Waals surface area contributed by atoms with E-state index in [2.05, 4.69) is 11.3 Å². The van der Waals surface area contributed by atoms with Crippen molar-refractivity contribution < 1.29 is 31.1 Å². The van der Waals surface area contributed by atoms with Crippen molar-refractivity contribution in [2.45, 2.75) is 12.5 Å². The first kappa shape index (κ1) is 13.4. The maximum absolute atomic E-state index is 12.2. The maximum atomic E-state index is 12.2. The summed E-state index contributed by atoms with van der Waals surface area (Å²) in [4.78, 5) is 0. The van der Waals surface area contributed by atoms with Crippen LogP contribution < -0.4 is 4.74 Å². The normalized spacial score (nSPS) is 12.4. The lowest BCUT2D eigenvalue weighted by Gasteiger charge is -2.12. The average Bonchev–Trinajstić information content (AvgIpc) is 2.12. The van der Waals surface area contributed by atoms with Crippen LogP contribution in [0, 0.1) is 0 Å². The van der Waals surface area contributed by atoms with Crippen LogP contribution in [0.3, 0.4) is 0 Å². The molecule has 0 spiro atoms. The van der Waals surface area contributed by atoms with Gasteiger partial charge in [0.25, 0.3) is 0 Å². The van der Waals surface area contributed by atoms with E-state index in [1.54, 1.807) is 0 Å². The zero-order valence-corrected chi connectivity index (χ0v) is 8.19. The second kappa shape index (κ2) is 4.31. The molecule has 0 atom stereocenters. The van der Waals surface area contributed by atoms with Crippen LogP contribution in [0.2, 0.25) is 0 Å². The third-order valence-corrected chi connectivity index (χ3v) is 1.76. The molecule has 0 saturated carbocycles. The van der Waals surface area contributed by atoms with Crippen LogP contribution in [0.5, 0.6) is 5.75 Å². The standard InChI is InChI=1S/C10H6F6O/c1-6(9(11,12)13)7-3-2-4-8(5-7)17-10(14,15)16/h2-5H,1H2. The number of allylic oxidation sites excluding steroid dienone is 1. The van der Waals surface area contributed by atoms with Crippen molar-refractivity contribution in [2.75, 3.05) is 0 Å². The largest absolute Gasteiger partial charge is 0.573 e. The van der Waals surface area contributed by atoms with E-state index in [1.807, 2.05) is 0 Å². The second-order valence-electron chi connectivity index (χ2n) is 3.05. The van der Waals surface area contributed by atoms with Crippen LogP contribution in [-0.4, -0.2) is 12.5 Å². The first-order chi connectivity index (χ1) is 7.59. The quantitative estimate of drug-likeness (QED) is 0.722. The SMILES string of the molecule is C=C(c1cccc(OC(F)(F)F)c1)C(F)(F)F. The number of hydrogen-bond acceptors (Lipinski definition) is 1. The number of hydrogen-bond donors (Lipinski definition) is 0. The first-order valence-electron chi connectivity index (χ1n) is 4.22. The van der Waals surface area contributed by atoms with E-state index in [1.165, 1.54) is 0 Å². The van der Waals surface area contributed by atoms with Gasteiger partial charge in [0.05, 0.1) is 5.57 Å². The van der Waals surface area contributed by atoms with E-state index >= 15 is 0 Å². The third-order valence-electron chi connectivity index (χ3n) is 1.76. The van der Waals surface area contributed by atoms with Crippen molar-refractivity contribution in [2.24, 2.45) is 0 Å². The molecule has 1 aromatic carbocycles. The molecule has 0 aromatic heterocycles. The van der Waals surface area contributed by atoms with Crippen LogP contribution in [0.1, 0.15) is 5.56 Å². The second-order valence-corrected chi connectivity index (χ2v) is 3.05. The minimum absolute atomic E-state index is 0.473. The molecule has 17 heavy (non-hydrogen) atoms. The third kappa shape index (κ3) is 4.01. The Kier molecular flexibility index (Phi) is 3.40. The molecule has 0 aliphatic rings. The van der Waals surface area contributed by atoms with Crippen molar-refractivity contribution in [1.29, 1.82) is 0 Å². The molecule has 1 aromatic rings. The van der Waals surface area contributed by atoms with Crippen molar-refractivity contribution in [3.63, 3.8) is 0 Å². The van der Waals surface area contributed by atoms with Gasteiger partial charge in [-0.15, -0.1) is 13.2 Å². The topological polar surface area (TPSA) is 9.23 Å². The Morgan fingerprint density at radius 3 is 2.12 bits per heavy atom. The Morgan fingerprint density at radius 2 is 1.65 bits per heavy atom. The summed E-state index contributed by atoms with van der Waals surface area (Å²) in [6, 6.07) is 3.55. The van der Waals surface area contributed by atoms with Crippen LogP contribution >= 0.6 is 0 Å². The lowest BCUT2D eigenvalue weighted by Crippen LogP contribution is -2.17. The van der Waals surface area contributed by atoms with Crippen molar-refractivity contribution in [3.8, 4) is 5.75 Å². The van der Waals surface area contributed by atoms with Gasteiger partial charge in [0.1, 0.15) is 5.75 Å². The summed E-state index contributed by atoms with van der Waals surface area (Å²) in [5.41, 5.74) is -1.70. The number of alkyl halides is 6. The summed E-state index contributed by atoms with van der Waals surface area (Å²) in [6.45, 7) is 2.77. The smallest absolute Gasteiger partial charge is 0.406 e. The highest BCUT2D eigenvalue weighted by molar-refractivity contribution is 5.68. The molecular formula is C10H6F6O. The number of rotatable bonds is 2. The fraction of sp³-hybridized carbons (Fsp3) is 0.200. The molecule has 1 nitrogen and oxygen atoms in total. The van der Waals surface area contributed by atoms with Crippen LogP contribution in [0.4, 0.5) is 26.3 Å². The monoisotopic (exact) mass is 256 g/mol. The van der Waals surface area contributed by atoms with Gasteiger partial charge in [-0.3, -0.25) is 0 Å². The molecule has 0 amide bonds. The van der Waals surface area contributed by atoms with Gasteiger partial charge in [-0.25, -0.2) is 0 Å². The summed E-state index contributed by atoms with van der Waals surface area (Å²) in [6.07, 6.45) is -9.64. The Bertz CT molecular complexity index is 418. The Hall–Kier alpha value is -1.66. The molecule has 1 rings (SSSR count). The van der Waals surface area contributed by atoms with Gasteiger partial charge in [0, 0.05) is 0 Å². The summed E-state index contributed by atoms with van der Waals surface area (Å²) in [5, 5.41) is 0. The molecule has 0 unspecified atom stereocenters. The summed E-state index contributed by atoms with van der Waals surface area (Å²) >= 11 is 0. The molecule has 0 fully saturated rings. The predicted molar refractivity (Wildman–Crippen MR) is 48.2 cm³/mol. The molecule has 7 heteroatoms. The van der Waals surface area contributed by atoms with E-state index in [-0.39, 0.29) is 0 Å². The maximum Gasteiger partial charge on any atom is 0.573 e. The van der Waals surface area contributed by atoms with Crippen molar-refractivity contribution in [1.82, 2.24) is 0 Å². The molecule has 0 aliphatic heterocycles. The van der Waals surface area contributed by atoms with Gasteiger partial charge in [-0.05, 0) is 17.7 Å². The minimum atomic E-state index is -4.95. The lowest BCUT2D eigenvalue weighted by molar-refractivity contribution is -0.274. The zero-order chi connectivity index (χ0) is 13.3. The highest BCUT2D eigenvalue weighted by Gasteiger charge is 2.34. The van der Waals surface area contributed by atoms with Crippen LogP contribution in [0.15, 0.2) is 30.8 Å². The highest BCUT2D eigenvalue weighted by atomic mass is 19.4. The van der Waals surface area contributed by atoms with Gasteiger partial charge in [-0.1, -0.05) is 18.7 Å². The van der Waals surface area contributed by atoms with Crippen molar-refractivity contribution >= 4 is 5.57 Å². The molecular weight excluding hydrogens is 250 g/mol. The fourth-order valence-corrected chi connectivity index (χ4v) is 1.04. The minimum Gasteiger partial charge on any atom is -0.406 e. The Balaban J connectivity index is 2.98. The van der Waals surface area contributed by atoms with E-state index < -0.39 is 29.4 Å². The highest BCUT2D eigenvalue weighted by Crippen LogP contribution is 2.34. The molecule has 0 N–H and O–H groups in total. The molecule has 0 radical (unpaired) electrons. The summed E-state index contributed by atoms with van der Waals surface area (Å²) in [7, 11) is 0. The van der Waals surface area contributed by atoms with Crippen molar-refractivity contribution in [3.05, 3.63) is 36.4 Å². The number of halogens is 6. The molecule has 0 aliphatic carbocycles.